The van der Waals surface area contributed by atoms with Crippen molar-refractivity contribution in [3.05, 3.63) is 70.3 Å². The van der Waals surface area contributed by atoms with Gasteiger partial charge in [0.2, 0.25) is 0 Å². The average molecular weight is 489 g/mol. The number of hydrogen-bond acceptors (Lipinski definition) is 7. The molecule has 2 heterocycles. The lowest BCUT2D eigenvalue weighted by molar-refractivity contribution is 0.0981. The Labute approximate surface area is 196 Å². The van der Waals surface area contributed by atoms with Crippen LogP contribution in [-0.4, -0.2) is 45.5 Å². The van der Waals surface area contributed by atoms with Crippen LogP contribution in [0.4, 0.5) is 5.69 Å². The number of sulfone groups is 1. The maximum absolute atomic E-state index is 14.0. The van der Waals surface area contributed by atoms with Gasteiger partial charge in [-0.25, -0.2) is 8.42 Å². The number of halogens is 1. The number of benzene rings is 2. The summed E-state index contributed by atoms with van der Waals surface area (Å²) in [5, 5.41) is 5.59. The second-order valence-corrected chi connectivity index (χ2v) is 9.72. The number of anilines is 1. The van der Waals surface area contributed by atoms with E-state index in [0.29, 0.717) is 27.8 Å². The normalized spacial score (nSPS) is 16.5. The molecule has 0 fully saturated rings. The van der Waals surface area contributed by atoms with Crippen LogP contribution in [0.3, 0.4) is 0 Å². The lowest BCUT2D eigenvalue weighted by atomic mass is 10.0. The molecular formula is C23H21ClN2O6S. The fourth-order valence-electron chi connectivity index (χ4n) is 3.72. The van der Waals surface area contributed by atoms with Crippen molar-refractivity contribution in [2.24, 2.45) is 0 Å². The Morgan fingerprint density at radius 2 is 1.94 bits per heavy atom. The van der Waals surface area contributed by atoms with Gasteiger partial charge >= 0.3 is 0 Å². The van der Waals surface area contributed by atoms with Crippen LogP contribution in [0.2, 0.25) is 5.02 Å². The van der Waals surface area contributed by atoms with Crippen LogP contribution >= 0.6 is 11.6 Å². The van der Waals surface area contributed by atoms with Gasteiger partial charge in [-0.1, -0.05) is 35.0 Å². The van der Waals surface area contributed by atoms with E-state index in [1.165, 1.54) is 25.2 Å². The number of nitrogens with zero attached hydrogens (tertiary/aromatic N) is 2. The molecule has 0 bridgehead atoms. The monoisotopic (exact) mass is 488 g/mol. The van der Waals surface area contributed by atoms with Crippen LogP contribution in [0, 0.1) is 6.92 Å². The summed E-state index contributed by atoms with van der Waals surface area (Å²) < 4.78 is 40.6. The van der Waals surface area contributed by atoms with Crippen molar-refractivity contribution in [2.75, 3.05) is 24.9 Å². The van der Waals surface area contributed by atoms with Gasteiger partial charge in [-0.3, -0.25) is 9.69 Å². The first kappa shape index (κ1) is 22.9. The predicted molar refractivity (Wildman–Crippen MR) is 125 cm³/mol. The molecule has 2 aromatic carbocycles. The Morgan fingerprint density at radius 1 is 1.18 bits per heavy atom. The molecule has 172 valence electrons. The van der Waals surface area contributed by atoms with Gasteiger partial charge < -0.3 is 14.0 Å². The van der Waals surface area contributed by atoms with Crippen LogP contribution in [0.5, 0.6) is 11.5 Å². The SMILES string of the molecule is COc1ccc(N(C(=O)c2c(-c3ccccc3Cl)noc2C)C2C=CS(=O)(=O)C2)c(OC)c1. The smallest absolute Gasteiger partial charge is 0.264 e. The van der Waals surface area contributed by atoms with Crippen LogP contribution in [0.1, 0.15) is 16.1 Å². The Bertz CT molecular complexity index is 1350. The molecule has 0 saturated heterocycles. The predicted octanol–water partition coefficient (Wildman–Crippen LogP) is 4.28. The maximum Gasteiger partial charge on any atom is 0.264 e. The van der Waals surface area contributed by atoms with E-state index in [1.54, 1.807) is 49.4 Å². The number of carbonyl (C=O) groups excluding carboxylic acids is 1. The van der Waals surface area contributed by atoms with Crippen LogP contribution in [-0.2, 0) is 9.84 Å². The number of methoxy groups -OCH3 is 2. The fraction of sp³-hybridized carbons (Fsp3) is 0.217. The van der Waals surface area contributed by atoms with Crippen LogP contribution in [0.15, 0.2) is 58.5 Å². The van der Waals surface area contributed by atoms with Gasteiger partial charge in [0.15, 0.2) is 9.84 Å². The zero-order valence-corrected chi connectivity index (χ0v) is 19.7. The molecule has 1 aromatic heterocycles. The number of amides is 1. The van der Waals surface area contributed by atoms with Crippen LogP contribution in [0.25, 0.3) is 11.3 Å². The molecule has 8 nitrogen and oxygen atoms in total. The Hall–Kier alpha value is -3.30. The third kappa shape index (κ3) is 4.34. The van der Waals surface area contributed by atoms with E-state index in [0.717, 1.165) is 5.41 Å². The van der Waals surface area contributed by atoms with Gasteiger partial charge in [0, 0.05) is 17.0 Å². The van der Waals surface area contributed by atoms with Gasteiger partial charge in [-0.2, -0.15) is 0 Å². The molecule has 33 heavy (non-hydrogen) atoms. The van der Waals surface area contributed by atoms with Crippen molar-refractivity contribution in [2.45, 2.75) is 13.0 Å². The molecule has 1 atom stereocenters. The van der Waals surface area contributed by atoms with E-state index < -0.39 is 21.8 Å². The minimum Gasteiger partial charge on any atom is -0.497 e. The van der Waals surface area contributed by atoms with E-state index >= 15 is 0 Å². The highest BCUT2D eigenvalue weighted by Crippen LogP contribution is 2.38. The summed E-state index contributed by atoms with van der Waals surface area (Å²) in [6, 6.07) is 11.1. The number of carbonyl (C=O) groups is 1. The van der Waals surface area contributed by atoms with Crippen molar-refractivity contribution in [3.63, 3.8) is 0 Å². The summed E-state index contributed by atoms with van der Waals surface area (Å²) in [5.41, 5.74) is 1.35. The number of ether oxygens (including phenoxy) is 2. The van der Waals surface area contributed by atoms with E-state index in [-0.39, 0.29) is 22.8 Å². The quantitative estimate of drug-likeness (QED) is 0.510. The van der Waals surface area contributed by atoms with E-state index in [1.807, 2.05) is 0 Å². The first-order valence-corrected chi connectivity index (χ1v) is 12.0. The van der Waals surface area contributed by atoms with Gasteiger partial charge in [-0.05, 0) is 31.2 Å². The topological polar surface area (TPSA) is 98.9 Å². The number of aryl methyl sites for hydroxylation is 1. The summed E-state index contributed by atoms with van der Waals surface area (Å²) in [7, 11) is -0.488. The molecule has 4 rings (SSSR count). The Balaban J connectivity index is 1.89. The molecule has 0 radical (unpaired) electrons. The second kappa shape index (κ2) is 8.92. The molecule has 10 heteroatoms. The summed E-state index contributed by atoms with van der Waals surface area (Å²) in [6.45, 7) is 1.62. The van der Waals surface area contributed by atoms with Crippen molar-refractivity contribution >= 4 is 33.0 Å². The lowest BCUT2D eigenvalue weighted by Crippen LogP contribution is -2.41. The molecule has 0 aliphatic carbocycles. The van der Waals surface area contributed by atoms with Crippen LogP contribution < -0.4 is 14.4 Å². The molecular weight excluding hydrogens is 468 g/mol. The van der Waals surface area contributed by atoms with Gasteiger partial charge in [0.1, 0.15) is 28.5 Å². The summed E-state index contributed by atoms with van der Waals surface area (Å²) in [4.78, 5) is 15.4. The molecule has 0 N–H and O–H groups in total. The standard InChI is InChI=1S/C23H21ClN2O6S/c1-14-21(22(25-32-14)17-6-4-5-7-18(17)24)23(27)26(15-10-11-33(28,29)13-15)19-9-8-16(30-2)12-20(19)31-3/h4-12,15H,13H2,1-3H3. The first-order chi connectivity index (χ1) is 15.8. The molecule has 1 unspecified atom stereocenters. The highest BCUT2D eigenvalue weighted by molar-refractivity contribution is 7.94. The van der Waals surface area contributed by atoms with Crippen molar-refractivity contribution < 1.29 is 27.2 Å². The van der Waals surface area contributed by atoms with Gasteiger partial charge in [-0.15, -0.1) is 0 Å². The van der Waals surface area contributed by atoms with Gasteiger partial charge in [0.25, 0.3) is 5.91 Å². The highest BCUT2D eigenvalue weighted by atomic mass is 35.5. The molecule has 1 aliphatic heterocycles. The third-order valence-electron chi connectivity index (χ3n) is 5.31. The number of aromatic nitrogens is 1. The third-order valence-corrected chi connectivity index (χ3v) is 7.02. The zero-order chi connectivity index (χ0) is 23.8. The highest BCUT2D eigenvalue weighted by Gasteiger charge is 2.36. The molecule has 3 aromatic rings. The minimum absolute atomic E-state index is 0.179. The molecule has 1 aliphatic rings. The van der Waals surface area contributed by atoms with E-state index in [9.17, 15) is 13.2 Å². The first-order valence-electron chi connectivity index (χ1n) is 9.93. The minimum atomic E-state index is -3.46. The molecule has 0 spiro atoms. The number of hydrogen-bond donors (Lipinski definition) is 0. The molecule has 1 amide bonds. The second-order valence-electron chi connectivity index (χ2n) is 7.38. The summed E-state index contributed by atoms with van der Waals surface area (Å²) in [5.74, 6) is 0.375. The van der Waals surface area contributed by atoms with E-state index in [2.05, 4.69) is 5.16 Å². The maximum atomic E-state index is 14.0. The lowest BCUT2D eigenvalue weighted by Gasteiger charge is -2.29. The van der Waals surface area contributed by atoms with Crippen molar-refractivity contribution in [1.82, 2.24) is 5.16 Å². The zero-order valence-electron chi connectivity index (χ0n) is 18.1. The fourth-order valence-corrected chi connectivity index (χ4v) is 5.22. The Morgan fingerprint density at radius 3 is 2.58 bits per heavy atom. The largest absolute Gasteiger partial charge is 0.497 e. The van der Waals surface area contributed by atoms with Crippen molar-refractivity contribution in [1.29, 1.82) is 0 Å². The number of rotatable bonds is 6. The van der Waals surface area contributed by atoms with E-state index in [4.69, 9.17) is 25.6 Å². The Kier molecular flexibility index (Phi) is 6.18. The summed E-state index contributed by atoms with van der Waals surface area (Å²) in [6.07, 6.45) is 1.48. The average Bonchev–Trinajstić information content (AvgIpc) is 3.35. The molecule has 0 saturated carbocycles. The summed E-state index contributed by atoms with van der Waals surface area (Å²) >= 11 is 6.36. The van der Waals surface area contributed by atoms with Gasteiger partial charge in [0.05, 0.1) is 36.7 Å². The van der Waals surface area contributed by atoms with Crippen molar-refractivity contribution in [3.8, 4) is 22.8 Å².